The number of likely N-dealkylation sites (N-methyl/N-ethyl adjacent to an activating group) is 1. The van der Waals surface area contributed by atoms with Crippen LogP contribution >= 0.6 is 0 Å². The summed E-state index contributed by atoms with van der Waals surface area (Å²) in [5.41, 5.74) is 8.50. The van der Waals surface area contributed by atoms with E-state index in [1.807, 2.05) is 43.3 Å². The summed E-state index contributed by atoms with van der Waals surface area (Å²) in [7, 11) is 5.50. The minimum atomic E-state index is -0.430. The lowest BCUT2D eigenvalue weighted by molar-refractivity contribution is 0.0714. The molecule has 0 aliphatic carbocycles. The van der Waals surface area contributed by atoms with Gasteiger partial charge in [0.05, 0.1) is 7.11 Å². The van der Waals surface area contributed by atoms with Gasteiger partial charge in [-0.15, -0.1) is 0 Å². The highest BCUT2D eigenvalue weighted by molar-refractivity contribution is 6.08. The zero-order chi connectivity index (χ0) is 18.7. The number of nitrogen functional groups attached to an aromatic ring is 1. The maximum absolute atomic E-state index is 12.2. The van der Waals surface area contributed by atoms with E-state index in [4.69, 9.17) is 19.9 Å². The first-order chi connectivity index (χ1) is 12.5. The molecule has 0 spiro atoms. The Bertz CT molecular complexity index is 859. The van der Waals surface area contributed by atoms with Crippen LogP contribution in [0.1, 0.15) is 21.5 Å². The molecule has 2 N–H and O–H groups in total. The van der Waals surface area contributed by atoms with Crippen molar-refractivity contribution >= 4 is 23.5 Å². The van der Waals surface area contributed by atoms with E-state index in [0.29, 0.717) is 40.7 Å². The molecule has 0 atom stereocenters. The highest BCUT2D eigenvalue weighted by atomic mass is 16.5. The van der Waals surface area contributed by atoms with Crippen LogP contribution < -0.4 is 15.2 Å². The van der Waals surface area contributed by atoms with Crippen molar-refractivity contribution in [1.29, 1.82) is 0 Å². The van der Waals surface area contributed by atoms with Gasteiger partial charge in [-0.2, -0.15) is 0 Å². The minimum Gasteiger partial charge on any atom is -0.496 e. The van der Waals surface area contributed by atoms with Gasteiger partial charge in [-0.05, 0) is 44.4 Å². The molecule has 1 aliphatic heterocycles. The van der Waals surface area contributed by atoms with Crippen molar-refractivity contribution in [3.05, 3.63) is 53.1 Å². The number of fused-ring (bicyclic) bond motifs is 1. The Morgan fingerprint density at radius 1 is 1.23 bits per heavy atom. The molecular weight excluding hydrogens is 332 g/mol. The van der Waals surface area contributed by atoms with E-state index in [0.717, 1.165) is 12.1 Å². The van der Waals surface area contributed by atoms with Gasteiger partial charge in [0.15, 0.2) is 0 Å². The van der Waals surface area contributed by atoms with Gasteiger partial charge in [-0.1, -0.05) is 12.1 Å². The van der Waals surface area contributed by atoms with Crippen LogP contribution in [-0.4, -0.2) is 45.2 Å². The molecule has 136 valence electrons. The number of rotatable bonds is 6. The number of carbonyl (C=O) groups excluding carboxylic acids is 1. The number of benzene rings is 2. The third-order valence-electron chi connectivity index (χ3n) is 4.07. The van der Waals surface area contributed by atoms with Crippen molar-refractivity contribution in [2.45, 2.75) is 0 Å². The Kier molecular flexibility index (Phi) is 5.14. The fourth-order valence-corrected chi connectivity index (χ4v) is 2.69. The number of esters is 1. The molecule has 0 radical (unpaired) electrons. The fourth-order valence-electron chi connectivity index (χ4n) is 2.69. The number of carbonyl (C=O) groups is 1. The topological polar surface area (TPSA) is 74.0 Å². The monoisotopic (exact) mass is 354 g/mol. The number of hydrogen-bond acceptors (Lipinski definition) is 6. The second-order valence-corrected chi connectivity index (χ2v) is 6.22. The van der Waals surface area contributed by atoms with Crippen LogP contribution in [0, 0.1) is 0 Å². The molecule has 0 amide bonds. The molecule has 0 fully saturated rings. The lowest BCUT2D eigenvalue weighted by Crippen LogP contribution is -2.19. The largest absolute Gasteiger partial charge is 0.496 e. The average Bonchev–Trinajstić information content (AvgIpc) is 2.93. The van der Waals surface area contributed by atoms with Crippen LogP contribution in [0.15, 0.2) is 36.4 Å². The second-order valence-electron chi connectivity index (χ2n) is 6.22. The van der Waals surface area contributed by atoms with Crippen LogP contribution in [0.3, 0.4) is 0 Å². The van der Waals surface area contributed by atoms with Crippen LogP contribution in [0.5, 0.6) is 11.5 Å². The number of anilines is 1. The van der Waals surface area contributed by atoms with Gasteiger partial charge in [0, 0.05) is 23.4 Å². The Morgan fingerprint density at radius 3 is 2.77 bits per heavy atom. The number of cyclic esters (lactones) is 1. The maximum Gasteiger partial charge on any atom is 0.348 e. The summed E-state index contributed by atoms with van der Waals surface area (Å²) in [4.78, 5) is 14.2. The Balaban J connectivity index is 1.91. The Morgan fingerprint density at radius 2 is 2.04 bits per heavy atom. The number of nitrogens with two attached hydrogens (primary N) is 1. The first-order valence-corrected chi connectivity index (χ1v) is 8.28. The van der Waals surface area contributed by atoms with E-state index in [9.17, 15) is 4.79 Å². The van der Waals surface area contributed by atoms with Crippen molar-refractivity contribution in [1.82, 2.24) is 4.90 Å². The summed E-state index contributed by atoms with van der Waals surface area (Å²) < 4.78 is 16.4. The van der Waals surface area contributed by atoms with E-state index in [-0.39, 0.29) is 0 Å². The number of ether oxygens (including phenoxy) is 3. The van der Waals surface area contributed by atoms with Gasteiger partial charge in [0.2, 0.25) is 0 Å². The van der Waals surface area contributed by atoms with Crippen molar-refractivity contribution in [3.63, 3.8) is 0 Å². The number of methoxy groups -OCH3 is 1. The number of nitrogens with zero attached hydrogens (tertiary/aromatic N) is 1. The van der Waals surface area contributed by atoms with Gasteiger partial charge in [-0.3, -0.25) is 0 Å². The summed E-state index contributed by atoms with van der Waals surface area (Å²) >= 11 is 0. The summed E-state index contributed by atoms with van der Waals surface area (Å²) in [5.74, 6) is 1.22. The Labute approximate surface area is 152 Å². The molecule has 0 saturated carbocycles. The van der Waals surface area contributed by atoms with Gasteiger partial charge in [-0.25, -0.2) is 4.79 Å². The first kappa shape index (κ1) is 17.8. The molecule has 0 unspecified atom stereocenters. The molecule has 0 bridgehead atoms. The maximum atomic E-state index is 12.2. The highest BCUT2D eigenvalue weighted by Crippen LogP contribution is 2.37. The van der Waals surface area contributed by atoms with Crippen molar-refractivity contribution in [3.8, 4) is 11.5 Å². The Hall–Kier alpha value is -2.99. The van der Waals surface area contributed by atoms with E-state index in [2.05, 4.69) is 0 Å². The fraction of sp³-hybridized carbons (Fsp3) is 0.250. The van der Waals surface area contributed by atoms with Crippen molar-refractivity contribution in [2.75, 3.05) is 40.1 Å². The molecule has 6 heteroatoms. The minimum absolute atomic E-state index is 0.429. The molecule has 0 saturated heterocycles. The predicted molar refractivity (Wildman–Crippen MR) is 101 cm³/mol. The SMILES string of the molecule is COc1cccc2c1C(=O)O/C2=C/c1cc(OCCN(C)C)ccc1N. The molecule has 0 aromatic heterocycles. The lowest BCUT2D eigenvalue weighted by atomic mass is 10.0. The molecule has 1 aliphatic rings. The molecule has 2 aromatic rings. The smallest absolute Gasteiger partial charge is 0.348 e. The van der Waals surface area contributed by atoms with Crippen LogP contribution in [0.25, 0.3) is 11.8 Å². The van der Waals surface area contributed by atoms with E-state index in [1.54, 1.807) is 18.2 Å². The quantitative estimate of drug-likeness (QED) is 0.635. The summed E-state index contributed by atoms with van der Waals surface area (Å²) in [5, 5.41) is 0. The first-order valence-electron chi connectivity index (χ1n) is 8.28. The van der Waals surface area contributed by atoms with Gasteiger partial charge >= 0.3 is 5.97 Å². The lowest BCUT2D eigenvalue weighted by Gasteiger charge is -2.12. The standard InChI is InChI=1S/C20H22N2O4/c1-22(2)9-10-25-14-7-8-16(21)13(11-14)12-18-15-5-4-6-17(24-3)19(15)20(23)26-18/h4-8,11-12H,9-10,21H2,1-3H3/b18-12+. The van der Waals surface area contributed by atoms with Crippen LogP contribution in [-0.2, 0) is 4.74 Å². The summed E-state index contributed by atoms with van der Waals surface area (Å²) in [6.45, 7) is 1.38. The van der Waals surface area contributed by atoms with Gasteiger partial charge in [0.1, 0.15) is 29.4 Å². The molecule has 2 aromatic carbocycles. The predicted octanol–water partition coefficient (Wildman–Crippen LogP) is 2.89. The van der Waals surface area contributed by atoms with Gasteiger partial charge in [0.25, 0.3) is 0 Å². The van der Waals surface area contributed by atoms with Crippen LogP contribution in [0.4, 0.5) is 5.69 Å². The third-order valence-corrected chi connectivity index (χ3v) is 4.07. The normalized spacial score (nSPS) is 14.5. The molecular formula is C20H22N2O4. The van der Waals surface area contributed by atoms with Crippen molar-refractivity contribution < 1.29 is 19.0 Å². The van der Waals surface area contributed by atoms with E-state index in [1.165, 1.54) is 7.11 Å². The molecule has 26 heavy (non-hydrogen) atoms. The van der Waals surface area contributed by atoms with E-state index >= 15 is 0 Å². The van der Waals surface area contributed by atoms with E-state index < -0.39 is 5.97 Å². The highest BCUT2D eigenvalue weighted by Gasteiger charge is 2.30. The summed E-state index contributed by atoms with van der Waals surface area (Å²) in [6, 6.07) is 10.8. The molecule has 6 nitrogen and oxygen atoms in total. The van der Waals surface area contributed by atoms with Crippen LogP contribution in [0.2, 0.25) is 0 Å². The van der Waals surface area contributed by atoms with Crippen molar-refractivity contribution in [2.24, 2.45) is 0 Å². The zero-order valence-electron chi connectivity index (χ0n) is 15.1. The molecule has 1 heterocycles. The third kappa shape index (κ3) is 3.65. The molecule has 3 rings (SSSR count). The number of hydrogen-bond donors (Lipinski definition) is 1. The zero-order valence-corrected chi connectivity index (χ0v) is 15.1. The second kappa shape index (κ2) is 7.49. The average molecular weight is 354 g/mol. The van der Waals surface area contributed by atoms with Gasteiger partial charge < -0.3 is 24.8 Å². The summed E-state index contributed by atoms with van der Waals surface area (Å²) in [6.07, 6.45) is 1.75.